The van der Waals surface area contributed by atoms with Crippen molar-refractivity contribution >= 4 is 8.03 Å². The molecule has 0 saturated carbocycles. The van der Waals surface area contributed by atoms with Crippen LogP contribution in [0.15, 0.2) is 30.3 Å². The van der Waals surface area contributed by atoms with E-state index >= 15 is 0 Å². The first-order valence-corrected chi connectivity index (χ1v) is 13.3. The highest BCUT2D eigenvalue weighted by Crippen LogP contribution is 2.26. The van der Waals surface area contributed by atoms with Crippen molar-refractivity contribution < 1.29 is 9.09 Å². The van der Waals surface area contributed by atoms with Crippen LogP contribution in [0.2, 0.25) is 0 Å². The molecule has 2 nitrogen and oxygen atoms in total. The molecule has 0 saturated heterocycles. The van der Waals surface area contributed by atoms with Crippen molar-refractivity contribution in [2.45, 2.75) is 116 Å². The lowest BCUT2D eigenvalue weighted by Crippen LogP contribution is -1.88. The minimum atomic E-state index is -1.50. The van der Waals surface area contributed by atoms with Crippen molar-refractivity contribution in [1.29, 1.82) is 0 Å². The summed E-state index contributed by atoms with van der Waals surface area (Å²) < 4.78 is 17.4. The zero-order valence-corrected chi connectivity index (χ0v) is 19.3. The lowest BCUT2D eigenvalue weighted by molar-refractivity contribution is 0.318. The molecule has 0 aliphatic rings. The van der Waals surface area contributed by atoms with E-state index in [-0.39, 0.29) is 0 Å². The van der Waals surface area contributed by atoms with Gasteiger partial charge in [0.1, 0.15) is 6.61 Å². The largest absolute Gasteiger partial charge is 0.508 e. The van der Waals surface area contributed by atoms with Gasteiger partial charge in [0.05, 0.1) is 0 Å². The Morgan fingerprint density at radius 2 is 1.07 bits per heavy atom. The molecular formula is C25H44O2P+. The third kappa shape index (κ3) is 16.3. The molecule has 0 heterocycles. The van der Waals surface area contributed by atoms with Gasteiger partial charge in [-0.2, -0.15) is 0 Å². The van der Waals surface area contributed by atoms with Gasteiger partial charge in [-0.05, 0) is 23.0 Å². The van der Waals surface area contributed by atoms with Gasteiger partial charge in [0.2, 0.25) is 0 Å². The van der Waals surface area contributed by atoms with Crippen molar-refractivity contribution in [3.8, 4) is 0 Å². The molecule has 28 heavy (non-hydrogen) atoms. The first-order valence-electron chi connectivity index (χ1n) is 11.9. The summed E-state index contributed by atoms with van der Waals surface area (Å²) in [6.07, 6.45) is 22.6. The number of unbranched alkanes of at least 4 members (excludes halogenated alkanes) is 15. The molecule has 1 aromatic rings. The lowest BCUT2D eigenvalue weighted by atomic mass is 10.0. The molecule has 160 valence electrons. The molecule has 3 heteroatoms. The van der Waals surface area contributed by atoms with E-state index < -0.39 is 8.03 Å². The van der Waals surface area contributed by atoms with Crippen LogP contribution in [-0.2, 0) is 15.7 Å². The number of rotatable bonds is 20. The van der Waals surface area contributed by atoms with Crippen LogP contribution in [0.5, 0.6) is 0 Å². The molecule has 0 bridgehead atoms. The average Bonchev–Trinajstić information content (AvgIpc) is 2.72. The molecule has 1 unspecified atom stereocenters. The highest BCUT2D eigenvalue weighted by atomic mass is 31.1. The number of benzene rings is 1. The molecule has 0 radical (unpaired) electrons. The molecular weight excluding hydrogens is 363 g/mol. The van der Waals surface area contributed by atoms with E-state index in [1.165, 1.54) is 96.3 Å². The summed E-state index contributed by atoms with van der Waals surface area (Å²) >= 11 is 0. The number of hydrogen-bond acceptors (Lipinski definition) is 2. The monoisotopic (exact) mass is 407 g/mol. The van der Waals surface area contributed by atoms with Crippen LogP contribution in [0.25, 0.3) is 0 Å². The van der Waals surface area contributed by atoms with Gasteiger partial charge in [0.25, 0.3) is 0 Å². The van der Waals surface area contributed by atoms with Crippen LogP contribution < -0.4 is 0 Å². The van der Waals surface area contributed by atoms with Gasteiger partial charge in [-0.15, -0.1) is 4.52 Å². The van der Waals surface area contributed by atoms with Crippen LogP contribution in [0.4, 0.5) is 0 Å². The van der Waals surface area contributed by atoms with Crippen LogP contribution in [0.1, 0.15) is 115 Å². The topological polar surface area (TPSA) is 26.3 Å². The van der Waals surface area contributed by atoms with E-state index in [1.54, 1.807) is 0 Å². The molecule has 0 spiro atoms. The highest BCUT2D eigenvalue weighted by Gasteiger charge is 2.16. The van der Waals surface area contributed by atoms with Crippen molar-refractivity contribution in [2.75, 3.05) is 6.16 Å². The molecule has 1 aromatic carbocycles. The summed E-state index contributed by atoms with van der Waals surface area (Å²) in [6, 6.07) is 9.98. The Bertz CT molecular complexity index is 461. The Morgan fingerprint density at radius 1 is 0.643 bits per heavy atom. The molecule has 0 aliphatic carbocycles. The van der Waals surface area contributed by atoms with E-state index in [2.05, 4.69) is 6.92 Å². The van der Waals surface area contributed by atoms with Crippen molar-refractivity contribution in [1.82, 2.24) is 0 Å². The summed E-state index contributed by atoms with van der Waals surface area (Å²) in [4.78, 5) is 0. The second-order valence-electron chi connectivity index (χ2n) is 8.12. The van der Waals surface area contributed by atoms with Crippen LogP contribution >= 0.6 is 8.03 Å². The second-order valence-corrected chi connectivity index (χ2v) is 9.49. The fraction of sp³-hybridized carbons (Fsp3) is 0.760. The van der Waals surface area contributed by atoms with Crippen LogP contribution in [0, 0.1) is 0 Å². The smallest absolute Gasteiger partial charge is 0.141 e. The van der Waals surface area contributed by atoms with Gasteiger partial charge >= 0.3 is 8.03 Å². The Morgan fingerprint density at radius 3 is 1.54 bits per heavy atom. The standard InChI is InChI=1S/C25H44O2P/c1-2-3-4-5-6-7-8-9-10-11-12-13-14-15-16-20-23-28(26)27-24-25-21-18-17-19-22-25/h17-19,21-22H,2-16,20,23-24H2,1H3/q+1. The third-order valence-corrected chi connectivity index (χ3v) is 6.51. The van der Waals surface area contributed by atoms with Gasteiger partial charge < -0.3 is 0 Å². The van der Waals surface area contributed by atoms with E-state index in [0.29, 0.717) is 12.8 Å². The van der Waals surface area contributed by atoms with E-state index in [9.17, 15) is 4.57 Å². The molecule has 0 amide bonds. The summed E-state index contributed by atoms with van der Waals surface area (Å²) in [5, 5.41) is 0. The Balaban J connectivity index is 1.75. The van der Waals surface area contributed by atoms with Gasteiger partial charge in [-0.1, -0.05) is 127 Å². The zero-order valence-electron chi connectivity index (χ0n) is 18.4. The molecule has 1 rings (SSSR count). The van der Waals surface area contributed by atoms with Gasteiger partial charge in [-0.25, -0.2) is 0 Å². The maximum absolute atomic E-state index is 11.9. The quantitative estimate of drug-likeness (QED) is 0.159. The fourth-order valence-corrected chi connectivity index (χ4v) is 4.48. The van der Waals surface area contributed by atoms with E-state index in [0.717, 1.165) is 12.0 Å². The Hall–Kier alpha value is -0.720. The van der Waals surface area contributed by atoms with Crippen LogP contribution in [-0.4, -0.2) is 6.16 Å². The summed E-state index contributed by atoms with van der Waals surface area (Å²) in [7, 11) is -1.50. The second kappa shape index (κ2) is 19.6. The number of hydrogen-bond donors (Lipinski definition) is 0. The third-order valence-electron chi connectivity index (χ3n) is 5.41. The highest BCUT2D eigenvalue weighted by molar-refractivity contribution is 7.39. The molecule has 0 aliphatic heterocycles. The first-order chi connectivity index (χ1) is 13.8. The van der Waals surface area contributed by atoms with Gasteiger partial charge in [0.15, 0.2) is 6.16 Å². The van der Waals surface area contributed by atoms with Crippen molar-refractivity contribution in [3.63, 3.8) is 0 Å². The first kappa shape index (κ1) is 25.3. The molecule has 1 atom stereocenters. The van der Waals surface area contributed by atoms with Crippen LogP contribution in [0.3, 0.4) is 0 Å². The minimum absolute atomic E-state index is 0.467. The SMILES string of the molecule is CCCCCCCCCCCCCCCCCC[P+](=O)OCc1ccccc1. The normalized spacial score (nSPS) is 11.7. The minimum Gasteiger partial charge on any atom is -0.141 e. The Kier molecular flexibility index (Phi) is 17.7. The fourth-order valence-electron chi connectivity index (χ4n) is 3.57. The Labute approximate surface area is 175 Å². The predicted octanol–water partition coefficient (Wildman–Crippen LogP) is 9.21. The lowest BCUT2D eigenvalue weighted by Gasteiger charge is -2.03. The molecule has 0 N–H and O–H groups in total. The van der Waals surface area contributed by atoms with E-state index in [4.69, 9.17) is 4.52 Å². The van der Waals surface area contributed by atoms with Crippen molar-refractivity contribution in [3.05, 3.63) is 35.9 Å². The molecule has 0 aromatic heterocycles. The van der Waals surface area contributed by atoms with Crippen molar-refractivity contribution in [2.24, 2.45) is 0 Å². The van der Waals surface area contributed by atoms with Gasteiger partial charge in [-0.3, -0.25) is 0 Å². The maximum Gasteiger partial charge on any atom is 0.508 e. The van der Waals surface area contributed by atoms with E-state index in [1.807, 2.05) is 30.3 Å². The maximum atomic E-state index is 11.9. The molecule has 0 fully saturated rings. The predicted molar refractivity (Wildman–Crippen MR) is 123 cm³/mol. The van der Waals surface area contributed by atoms with Gasteiger partial charge in [0, 0.05) is 0 Å². The zero-order chi connectivity index (χ0) is 20.1. The summed E-state index contributed by atoms with van der Waals surface area (Å²) in [6.45, 7) is 2.75. The average molecular weight is 408 g/mol. The summed E-state index contributed by atoms with van der Waals surface area (Å²) in [5.74, 6) is 0. The summed E-state index contributed by atoms with van der Waals surface area (Å²) in [5.41, 5.74) is 1.10.